The van der Waals surface area contributed by atoms with Crippen LogP contribution in [-0.4, -0.2) is 28.2 Å². The van der Waals surface area contributed by atoms with E-state index in [9.17, 15) is 5.11 Å². The van der Waals surface area contributed by atoms with E-state index in [1.165, 1.54) is 6.33 Å². The minimum Gasteiger partial charge on any atom is -0.396 e. The Labute approximate surface area is 102 Å². The van der Waals surface area contributed by atoms with Gasteiger partial charge in [-0.2, -0.15) is 0 Å². The van der Waals surface area contributed by atoms with Crippen molar-refractivity contribution in [1.82, 2.24) is 9.97 Å². The highest BCUT2D eigenvalue weighted by Gasteiger charge is 2.24. The van der Waals surface area contributed by atoms with Crippen LogP contribution >= 0.6 is 0 Å². The Balaban J connectivity index is 2.65. The molecule has 0 saturated carbocycles. The summed E-state index contributed by atoms with van der Waals surface area (Å²) in [5, 5.41) is 12.7. The molecule has 1 heterocycles. The average molecular weight is 239 g/mol. The van der Waals surface area contributed by atoms with Crippen molar-refractivity contribution in [2.75, 3.05) is 23.9 Å². The number of anilines is 2. The molecule has 0 bridgehead atoms. The Morgan fingerprint density at radius 1 is 1.29 bits per heavy atom. The van der Waals surface area contributed by atoms with Gasteiger partial charge in [0.25, 0.3) is 0 Å². The van der Waals surface area contributed by atoms with Gasteiger partial charge in [-0.25, -0.2) is 15.8 Å². The third-order valence-electron chi connectivity index (χ3n) is 3.29. The largest absolute Gasteiger partial charge is 0.396 e. The van der Waals surface area contributed by atoms with Crippen LogP contribution in [0.25, 0.3) is 0 Å². The molecule has 6 heteroatoms. The number of aliphatic hydroxyl groups is 1. The molecular weight excluding hydrogens is 218 g/mol. The monoisotopic (exact) mass is 239 g/mol. The molecule has 0 saturated heterocycles. The summed E-state index contributed by atoms with van der Waals surface area (Å²) < 4.78 is 0. The third kappa shape index (κ3) is 3.54. The maximum atomic E-state index is 9.45. The lowest BCUT2D eigenvalue weighted by Gasteiger charge is -2.29. The molecule has 0 fully saturated rings. The summed E-state index contributed by atoms with van der Waals surface area (Å²) in [6.45, 7) is 5.00. The predicted molar refractivity (Wildman–Crippen MR) is 68.4 cm³/mol. The molecular formula is C11H21N5O. The van der Waals surface area contributed by atoms with Gasteiger partial charge in [0.1, 0.15) is 18.0 Å². The third-order valence-corrected chi connectivity index (χ3v) is 3.29. The highest BCUT2D eigenvalue weighted by Crippen LogP contribution is 2.25. The van der Waals surface area contributed by atoms with Gasteiger partial charge in [0, 0.05) is 18.0 Å². The van der Waals surface area contributed by atoms with E-state index in [1.807, 2.05) is 0 Å². The van der Waals surface area contributed by atoms with Crippen LogP contribution in [0.4, 0.5) is 11.6 Å². The van der Waals surface area contributed by atoms with Crippen molar-refractivity contribution in [1.29, 1.82) is 0 Å². The number of aliphatic hydroxyl groups excluding tert-OH is 1. The highest BCUT2D eigenvalue weighted by molar-refractivity contribution is 5.45. The molecule has 0 aliphatic carbocycles. The molecule has 5 N–H and O–H groups in total. The molecule has 0 atom stereocenters. The number of aromatic nitrogens is 2. The second-order valence-electron chi connectivity index (χ2n) is 4.15. The van der Waals surface area contributed by atoms with Gasteiger partial charge in [-0.05, 0) is 12.8 Å². The van der Waals surface area contributed by atoms with E-state index in [0.717, 1.165) is 12.8 Å². The molecule has 0 unspecified atom stereocenters. The van der Waals surface area contributed by atoms with Crippen LogP contribution in [0, 0.1) is 5.41 Å². The van der Waals surface area contributed by atoms with Gasteiger partial charge in [-0.15, -0.1) is 0 Å². The quantitative estimate of drug-likeness (QED) is 0.418. The lowest BCUT2D eigenvalue weighted by atomic mass is 9.83. The summed E-state index contributed by atoms with van der Waals surface area (Å²) in [4.78, 5) is 8.02. The first-order valence-electron chi connectivity index (χ1n) is 5.83. The summed E-state index contributed by atoms with van der Waals surface area (Å²) in [7, 11) is 0. The molecule has 0 amide bonds. The molecule has 6 nitrogen and oxygen atoms in total. The minimum absolute atomic E-state index is 0.0960. The molecule has 1 aromatic rings. The van der Waals surface area contributed by atoms with Crippen LogP contribution in [0.5, 0.6) is 0 Å². The Bertz CT molecular complexity index is 332. The van der Waals surface area contributed by atoms with Crippen molar-refractivity contribution in [3.63, 3.8) is 0 Å². The Hall–Kier alpha value is -1.40. The van der Waals surface area contributed by atoms with Crippen LogP contribution < -0.4 is 16.6 Å². The fourth-order valence-electron chi connectivity index (χ4n) is 1.59. The van der Waals surface area contributed by atoms with Crippen LogP contribution in [-0.2, 0) is 0 Å². The summed E-state index contributed by atoms with van der Waals surface area (Å²) in [5.41, 5.74) is 2.37. The van der Waals surface area contributed by atoms with Crippen molar-refractivity contribution >= 4 is 11.6 Å². The zero-order chi connectivity index (χ0) is 12.7. The van der Waals surface area contributed by atoms with E-state index in [0.29, 0.717) is 18.2 Å². The maximum Gasteiger partial charge on any atom is 0.145 e. The summed E-state index contributed by atoms with van der Waals surface area (Å²) in [6.07, 6.45) is 3.27. The molecule has 17 heavy (non-hydrogen) atoms. The van der Waals surface area contributed by atoms with Crippen LogP contribution in [0.2, 0.25) is 0 Å². The summed E-state index contributed by atoms with van der Waals surface area (Å²) in [5.74, 6) is 6.53. The topological polar surface area (TPSA) is 96.1 Å². The van der Waals surface area contributed by atoms with Crippen molar-refractivity contribution in [3.05, 3.63) is 12.4 Å². The van der Waals surface area contributed by atoms with E-state index in [4.69, 9.17) is 5.84 Å². The molecule has 0 aliphatic heterocycles. The normalized spacial score (nSPS) is 11.3. The van der Waals surface area contributed by atoms with Gasteiger partial charge in [-0.1, -0.05) is 13.8 Å². The van der Waals surface area contributed by atoms with E-state index in [2.05, 4.69) is 34.6 Å². The zero-order valence-electron chi connectivity index (χ0n) is 10.4. The van der Waals surface area contributed by atoms with Crippen LogP contribution in [0.1, 0.15) is 26.7 Å². The Morgan fingerprint density at radius 3 is 2.47 bits per heavy atom. The number of nitrogen functional groups attached to an aromatic ring is 1. The lowest BCUT2D eigenvalue weighted by molar-refractivity contribution is 0.127. The molecule has 0 radical (unpaired) electrons. The highest BCUT2D eigenvalue weighted by atomic mass is 16.3. The van der Waals surface area contributed by atoms with Crippen LogP contribution in [0.15, 0.2) is 12.4 Å². The molecule has 0 aromatic carbocycles. The number of nitrogens with two attached hydrogens (primary N) is 1. The zero-order valence-corrected chi connectivity index (χ0v) is 10.4. The van der Waals surface area contributed by atoms with Crippen molar-refractivity contribution in [2.45, 2.75) is 26.7 Å². The van der Waals surface area contributed by atoms with Gasteiger partial charge >= 0.3 is 0 Å². The number of hydrogen-bond donors (Lipinski definition) is 4. The SMILES string of the molecule is CCC(CC)(CO)CNc1cc(NN)ncn1. The van der Waals surface area contributed by atoms with Crippen molar-refractivity contribution < 1.29 is 5.11 Å². The average Bonchev–Trinajstić information content (AvgIpc) is 2.41. The van der Waals surface area contributed by atoms with E-state index >= 15 is 0 Å². The first kappa shape index (κ1) is 13.7. The Morgan fingerprint density at radius 2 is 1.94 bits per heavy atom. The smallest absolute Gasteiger partial charge is 0.145 e. The standard InChI is InChI=1S/C11H21N5O/c1-3-11(4-2,7-17)6-13-9-5-10(16-12)15-8-14-9/h5,8,17H,3-4,6-7,12H2,1-2H3,(H2,13,14,15,16). The minimum atomic E-state index is -0.0960. The van der Waals surface area contributed by atoms with Gasteiger partial charge < -0.3 is 15.8 Å². The summed E-state index contributed by atoms with van der Waals surface area (Å²) in [6, 6.07) is 1.73. The molecule has 0 spiro atoms. The van der Waals surface area contributed by atoms with Gasteiger partial charge in [0.2, 0.25) is 0 Å². The first-order chi connectivity index (χ1) is 8.19. The van der Waals surface area contributed by atoms with Gasteiger partial charge in [-0.3, -0.25) is 0 Å². The fourth-order valence-corrected chi connectivity index (χ4v) is 1.59. The molecule has 96 valence electrons. The number of nitrogens with one attached hydrogen (secondary N) is 2. The second kappa shape index (κ2) is 6.36. The van der Waals surface area contributed by atoms with Gasteiger partial charge in [0.05, 0.1) is 6.61 Å². The van der Waals surface area contributed by atoms with Crippen molar-refractivity contribution in [3.8, 4) is 0 Å². The molecule has 1 aromatic heterocycles. The number of rotatable bonds is 7. The first-order valence-corrected chi connectivity index (χ1v) is 5.83. The molecule has 0 aliphatic rings. The predicted octanol–water partition coefficient (Wildman–Crippen LogP) is 0.973. The van der Waals surface area contributed by atoms with Crippen molar-refractivity contribution in [2.24, 2.45) is 11.3 Å². The molecule has 1 rings (SSSR count). The maximum absolute atomic E-state index is 9.45. The second-order valence-corrected chi connectivity index (χ2v) is 4.15. The number of hydrogen-bond acceptors (Lipinski definition) is 6. The summed E-state index contributed by atoms with van der Waals surface area (Å²) >= 11 is 0. The fraction of sp³-hybridized carbons (Fsp3) is 0.636. The number of nitrogens with zero attached hydrogens (tertiary/aromatic N) is 2. The van der Waals surface area contributed by atoms with E-state index < -0.39 is 0 Å². The van der Waals surface area contributed by atoms with E-state index in [1.54, 1.807) is 6.07 Å². The number of hydrazine groups is 1. The van der Waals surface area contributed by atoms with Gasteiger partial charge in [0.15, 0.2) is 0 Å². The lowest BCUT2D eigenvalue weighted by Crippen LogP contribution is -2.32. The van der Waals surface area contributed by atoms with Crippen LogP contribution in [0.3, 0.4) is 0 Å². The van der Waals surface area contributed by atoms with E-state index in [-0.39, 0.29) is 12.0 Å². The Kier molecular flexibility index (Phi) is 5.11.